The molecule has 0 saturated carbocycles. The molecule has 2 aliphatic heterocycles. The molecule has 4 atom stereocenters. The topological polar surface area (TPSA) is 68.2 Å². The van der Waals surface area contributed by atoms with E-state index >= 15 is 0 Å². The zero-order valence-electron chi connectivity index (χ0n) is 8.05. The number of fused-ring (bicyclic) bond motifs is 1. The lowest BCUT2D eigenvalue weighted by molar-refractivity contribution is -0.0920. The van der Waals surface area contributed by atoms with Gasteiger partial charge in [0.1, 0.15) is 25.7 Å². The fourth-order valence-corrected chi connectivity index (χ4v) is 2.15. The molecular formula is C8H12BO5P. The maximum Gasteiger partial charge on any atom is 0.203 e. The Morgan fingerprint density at radius 2 is 2.33 bits per heavy atom. The smallest absolute Gasteiger partial charge is 0.203 e. The van der Waals surface area contributed by atoms with Crippen LogP contribution >= 0.6 is 8.86 Å². The van der Waals surface area contributed by atoms with Crippen LogP contribution in [0.1, 0.15) is 6.42 Å². The predicted molar refractivity (Wildman–Crippen MR) is 55.2 cm³/mol. The molecule has 7 heteroatoms. The van der Waals surface area contributed by atoms with Crippen LogP contribution in [0.15, 0.2) is 0 Å². The summed E-state index contributed by atoms with van der Waals surface area (Å²) < 4.78 is 15.7. The molecule has 0 aromatic heterocycles. The molecule has 2 unspecified atom stereocenters. The van der Waals surface area contributed by atoms with Crippen LogP contribution in [0.4, 0.5) is 0 Å². The highest BCUT2D eigenvalue weighted by Gasteiger charge is 2.55. The lowest BCUT2D eigenvalue weighted by Crippen LogP contribution is -2.53. The molecule has 0 bridgehead atoms. The number of hydrogen-bond donors (Lipinski definition) is 2. The third-order valence-electron chi connectivity index (χ3n) is 2.77. The molecule has 2 saturated heterocycles. The number of hydrogen-bond acceptors (Lipinski definition) is 5. The Kier molecular flexibility index (Phi) is 3.17. The Hall–Kier alpha value is 0.0349. The largest absolute Gasteiger partial charge is 0.396 e. The first kappa shape index (κ1) is 11.5. The van der Waals surface area contributed by atoms with Gasteiger partial charge < -0.3 is 24.4 Å². The van der Waals surface area contributed by atoms with Crippen LogP contribution in [-0.2, 0) is 14.2 Å². The number of ether oxygens (including phenoxy) is 3. The highest BCUT2D eigenvalue weighted by molar-refractivity contribution is 7.19. The Morgan fingerprint density at radius 3 is 3.00 bits per heavy atom. The van der Waals surface area contributed by atoms with Crippen LogP contribution < -0.4 is 0 Å². The molecule has 82 valence electrons. The van der Waals surface area contributed by atoms with Crippen LogP contribution in [0.3, 0.4) is 0 Å². The maximum atomic E-state index is 10.2. The molecule has 2 radical (unpaired) electrons. The zero-order valence-corrected chi connectivity index (χ0v) is 9.05. The molecule has 0 spiro atoms. The first-order valence-electron chi connectivity index (χ1n) is 4.70. The van der Waals surface area contributed by atoms with Gasteiger partial charge in [-0.3, -0.25) is 0 Å². The third-order valence-corrected chi connectivity index (χ3v) is 3.03. The fourth-order valence-electron chi connectivity index (χ4n) is 1.94. The molecule has 2 rings (SSSR count). The lowest BCUT2D eigenvalue weighted by atomic mass is 9.78. The average Bonchev–Trinajstić information content (AvgIpc) is 2.42. The van der Waals surface area contributed by atoms with Crippen molar-refractivity contribution < 1.29 is 24.4 Å². The SMILES string of the molecule is [B]C1OC2COC(=P)O[C@H]2[C@@]1(O)CCO. The first-order chi connectivity index (χ1) is 7.08. The Morgan fingerprint density at radius 1 is 1.60 bits per heavy atom. The summed E-state index contributed by atoms with van der Waals surface area (Å²) in [7, 11) is 8.76. The third kappa shape index (κ3) is 1.86. The summed E-state index contributed by atoms with van der Waals surface area (Å²) >= 11 is 0. The summed E-state index contributed by atoms with van der Waals surface area (Å²) in [6.07, 6.45) is -0.910. The van der Waals surface area contributed by atoms with Crippen molar-refractivity contribution in [1.82, 2.24) is 0 Å². The van der Waals surface area contributed by atoms with Crippen molar-refractivity contribution in [3.05, 3.63) is 0 Å². The van der Waals surface area contributed by atoms with Gasteiger partial charge in [0.15, 0.2) is 0 Å². The lowest BCUT2D eigenvalue weighted by Gasteiger charge is -2.34. The van der Waals surface area contributed by atoms with E-state index in [1.54, 1.807) is 0 Å². The molecule has 2 heterocycles. The van der Waals surface area contributed by atoms with Gasteiger partial charge in [0.25, 0.3) is 0 Å². The van der Waals surface area contributed by atoms with E-state index < -0.39 is 23.8 Å². The van der Waals surface area contributed by atoms with E-state index in [0.29, 0.717) is 0 Å². The van der Waals surface area contributed by atoms with Gasteiger partial charge in [-0.2, -0.15) is 0 Å². The standard InChI is InChI=1S/C8H12BO5P/c9-6-8(11,1-2-10)5-4(13-6)3-12-7(15)14-5/h4-6,10-11,15H,1-3H2/t4?,5-,6?,8+/m1/s1. The summed E-state index contributed by atoms with van der Waals surface area (Å²) in [4.78, 5) is 0. The summed E-state index contributed by atoms with van der Waals surface area (Å²) in [6.45, 7) is 0.0863. The highest BCUT2D eigenvalue weighted by atomic mass is 31.0. The summed E-state index contributed by atoms with van der Waals surface area (Å²) in [5.41, 5.74) is -1.17. The minimum absolute atomic E-state index is 0.106. The van der Waals surface area contributed by atoms with E-state index in [1.807, 2.05) is 0 Å². The minimum atomic E-state index is -1.37. The molecule has 2 aliphatic rings. The van der Waals surface area contributed by atoms with Crippen molar-refractivity contribution in [2.24, 2.45) is 0 Å². The zero-order chi connectivity index (χ0) is 11.1. The summed E-state index contributed by atoms with van der Waals surface area (Å²) in [5.74, 6) is 0. The van der Waals surface area contributed by atoms with Gasteiger partial charge in [-0.25, -0.2) is 0 Å². The van der Waals surface area contributed by atoms with Crippen molar-refractivity contribution in [3.8, 4) is 0 Å². The molecule has 15 heavy (non-hydrogen) atoms. The second-order valence-electron chi connectivity index (χ2n) is 3.70. The monoisotopic (exact) mass is 230 g/mol. The number of aliphatic hydroxyl groups is 2. The number of aliphatic hydroxyl groups excluding tert-OH is 1. The predicted octanol–water partition coefficient (Wildman–Crippen LogP) is -1.36. The Balaban J connectivity index is 2.19. The van der Waals surface area contributed by atoms with E-state index in [0.717, 1.165) is 0 Å². The van der Waals surface area contributed by atoms with Crippen LogP contribution in [0.5, 0.6) is 0 Å². The van der Waals surface area contributed by atoms with Gasteiger partial charge in [0.05, 0.1) is 6.61 Å². The molecule has 0 aromatic carbocycles. The normalized spacial score (nSPS) is 45.5. The maximum absolute atomic E-state index is 10.2. The van der Waals surface area contributed by atoms with Crippen LogP contribution in [0.2, 0.25) is 0 Å². The van der Waals surface area contributed by atoms with Gasteiger partial charge >= 0.3 is 0 Å². The first-order valence-corrected chi connectivity index (χ1v) is 5.20. The van der Waals surface area contributed by atoms with Crippen LogP contribution in [-0.4, -0.2) is 60.8 Å². The van der Waals surface area contributed by atoms with E-state index in [2.05, 4.69) is 8.86 Å². The van der Waals surface area contributed by atoms with Gasteiger partial charge in [0.2, 0.25) is 5.67 Å². The molecule has 0 aliphatic carbocycles. The second-order valence-corrected chi connectivity index (χ2v) is 4.11. The fraction of sp³-hybridized carbons (Fsp3) is 0.875. The van der Waals surface area contributed by atoms with E-state index in [4.69, 9.17) is 27.2 Å². The quantitative estimate of drug-likeness (QED) is 0.453. The van der Waals surface area contributed by atoms with E-state index in [9.17, 15) is 5.11 Å². The van der Waals surface area contributed by atoms with Crippen molar-refractivity contribution in [1.29, 1.82) is 0 Å². The second kappa shape index (κ2) is 4.13. The van der Waals surface area contributed by atoms with E-state index in [-0.39, 0.29) is 25.3 Å². The minimum Gasteiger partial charge on any atom is -0.396 e. The molecule has 2 fully saturated rings. The van der Waals surface area contributed by atoms with Gasteiger partial charge in [-0.15, -0.1) is 0 Å². The van der Waals surface area contributed by atoms with E-state index in [1.165, 1.54) is 0 Å². The summed E-state index contributed by atoms with van der Waals surface area (Å²) in [5, 5.41) is 19.1. The van der Waals surface area contributed by atoms with Crippen molar-refractivity contribution in [2.45, 2.75) is 30.2 Å². The van der Waals surface area contributed by atoms with Crippen LogP contribution in [0, 0.1) is 0 Å². The van der Waals surface area contributed by atoms with Crippen molar-refractivity contribution in [3.63, 3.8) is 0 Å². The Labute approximate surface area is 91.0 Å². The molecule has 0 aromatic rings. The van der Waals surface area contributed by atoms with Gasteiger partial charge in [-0.1, -0.05) is 8.86 Å². The molecular weight excluding hydrogens is 218 g/mol. The van der Waals surface area contributed by atoms with Crippen molar-refractivity contribution >= 4 is 22.4 Å². The number of rotatable bonds is 2. The summed E-state index contributed by atoms with van der Waals surface area (Å²) in [6, 6.07) is -0.874. The van der Waals surface area contributed by atoms with Gasteiger partial charge in [-0.05, 0) is 0 Å². The molecule has 5 nitrogen and oxygen atoms in total. The van der Waals surface area contributed by atoms with Gasteiger partial charge in [0, 0.05) is 19.0 Å². The van der Waals surface area contributed by atoms with Crippen molar-refractivity contribution in [2.75, 3.05) is 13.2 Å². The molecule has 0 amide bonds. The average molecular weight is 230 g/mol. The molecule has 2 N–H and O–H groups in total. The Bertz CT molecular complexity index is 276. The van der Waals surface area contributed by atoms with Crippen LogP contribution in [0.25, 0.3) is 0 Å². The highest BCUT2D eigenvalue weighted by Crippen LogP contribution is 2.36.